The monoisotopic (exact) mass is 216 g/mol. The first kappa shape index (κ1) is 12.3. The summed E-state index contributed by atoms with van der Waals surface area (Å²) < 4.78 is 5.18. The number of carbonyl (C=O) groups is 1. The molecule has 88 valence electrons. The fraction of sp³-hybridized carbons (Fsp3) is 0.900. The van der Waals surface area contributed by atoms with Gasteiger partial charge in [-0.1, -0.05) is 0 Å². The molecule has 0 radical (unpaired) electrons. The van der Waals surface area contributed by atoms with Crippen molar-refractivity contribution in [2.24, 2.45) is 0 Å². The first-order valence-corrected chi connectivity index (χ1v) is 5.36. The third kappa shape index (κ3) is 3.68. The van der Waals surface area contributed by atoms with Crippen molar-refractivity contribution < 1.29 is 14.6 Å². The maximum absolute atomic E-state index is 11.4. The van der Waals surface area contributed by atoms with Crippen LogP contribution in [0, 0.1) is 0 Å². The molecule has 1 aliphatic rings. The van der Waals surface area contributed by atoms with E-state index in [0.29, 0.717) is 39.1 Å². The predicted molar refractivity (Wildman–Crippen MR) is 56.7 cm³/mol. The summed E-state index contributed by atoms with van der Waals surface area (Å²) in [6.45, 7) is 3.97. The van der Waals surface area contributed by atoms with Gasteiger partial charge in [0.1, 0.15) is 0 Å². The Kier molecular flexibility index (Phi) is 4.35. The summed E-state index contributed by atoms with van der Waals surface area (Å²) in [6.07, 6.45) is 1.19. The summed E-state index contributed by atoms with van der Waals surface area (Å²) >= 11 is 0. The SMILES string of the molecule is CCNC(=O)N(C)CC1(O)CCOCC1. The number of ether oxygens (including phenoxy) is 1. The van der Waals surface area contributed by atoms with E-state index in [0.717, 1.165) is 0 Å². The summed E-state index contributed by atoms with van der Waals surface area (Å²) in [7, 11) is 1.69. The zero-order valence-electron chi connectivity index (χ0n) is 9.45. The van der Waals surface area contributed by atoms with Crippen molar-refractivity contribution >= 4 is 6.03 Å². The molecular formula is C10H20N2O3. The molecule has 1 aliphatic heterocycles. The number of hydrogen-bond donors (Lipinski definition) is 2. The Hall–Kier alpha value is -0.810. The van der Waals surface area contributed by atoms with Crippen LogP contribution in [0.25, 0.3) is 0 Å². The van der Waals surface area contributed by atoms with Crippen molar-refractivity contribution in [3.8, 4) is 0 Å². The minimum absolute atomic E-state index is 0.141. The minimum atomic E-state index is -0.780. The van der Waals surface area contributed by atoms with Crippen LogP contribution in [0.1, 0.15) is 19.8 Å². The normalized spacial score (nSPS) is 19.7. The van der Waals surface area contributed by atoms with Crippen LogP contribution in [-0.2, 0) is 4.74 Å². The Balaban J connectivity index is 2.41. The number of amides is 2. The summed E-state index contributed by atoms with van der Waals surface area (Å²) in [5, 5.41) is 12.9. The van der Waals surface area contributed by atoms with Gasteiger partial charge in [-0.05, 0) is 6.92 Å². The predicted octanol–water partition coefficient (Wildman–Crippen LogP) is 0.189. The van der Waals surface area contributed by atoms with E-state index in [1.54, 1.807) is 7.05 Å². The highest BCUT2D eigenvalue weighted by Crippen LogP contribution is 2.21. The van der Waals surface area contributed by atoms with Crippen LogP contribution < -0.4 is 5.32 Å². The lowest BCUT2D eigenvalue weighted by atomic mass is 9.94. The molecule has 15 heavy (non-hydrogen) atoms. The number of likely N-dealkylation sites (N-methyl/N-ethyl adjacent to an activating group) is 1. The van der Waals surface area contributed by atoms with Gasteiger partial charge in [0.25, 0.3) is 0 Å². The average molecular weight is 216 g/mol. The number of carbonyl (C=O) groups excluding carboxylic acids is 1. The molecule has 1 fully saturated rings. The van der Waals surface area contributed by atoms with Gasteiger partial charge in [0, 0.05) is 39.6 Å². The van der Waals surface area contributed by atoms with Crippen molar-refractivity contribution in [1.82, 2.24) is 10.2 Å². The second-order valence-corrected chi connectivity index (χ2v) is 4.03. The van der Waals surface area contributed by atoms with Crippen LogP contribution in [-0.4, -0.2) is 55.0 Å². The van der Waals surface area contributed by atoms with E-state index in [2.05, 4.69) is 5.32 Å². The van der Waals surface area contributed by atoms with Gasteiger partial charge in [-0.3, -0.25) is 0 Å². The number of hydrogen-bond acceptors (Lipinski definition) is 3. The average Bonchev–Trinajstić information content (AvgIpc) is 2.18. The Morgan fingerprint density at radius 3 is 2.67 bits per heavy atom. The van der Waals surface area contributed by atoms with Gasteiger partial charge in [0.2, 0.25) is 0 Å². The molecule has 1 rings (SSSR count). The molecule has 0 saturated carbocycles. The maximum atomic E-state index is 11.4. The molecule has 0 atom stereocenters. The number of aliphatic hydroxyl groups is 1. The van der Waals surface area contributed by atoms with Gasteiger partial charge < -0.3 is 20.1 Å². The van der Waals surface area contributed by atoms with Gasteiger partial charge in [-0.25, -0.2) is 4.79 Å². The van der Waals surface area contributed by atoms with E-state index in [1.165, 1.54) is 4.90 Å². The van der Waals surface area contributed by atoms with Gasteiger partial charge in [0.05, 0.1) is 12.1 Å². The molecule has 1 heterocycles. The molecule has 0 aromatic carbocycles. The van der Waals surface area contributed by atoms with Crippen molar-refractivity contribution in [2.45, 2.75) is 25.4 Å². The summed E-state index contributed by atoms with van der Waals surface area (Å²) in [5.41, 5.74) is -0.780. The zero-order chi connectivity index (χ0) is 11.3. The highest BCUT2D eigenvalue weighted by atomic mass is 16.5. The van der Waals surface area contributed by atoms with E-state index < -0.39 is 5.60 Å². The molecule has 2 amide bonds. The summed E-state index contributed by atoms with van der Waals surface area (Å²) in [6, 6.07) is -0.141. The van der Waals surface area contributed by atoms with Crippen LogP contribution in [0.4, 0.5) is 4.79 Å². The van der Waals surface area contributed by atoms with Crippen molar-refractivity contribution in [1.29, 1.82) is 0 Å². The standard InChI is InChI=1S/C10H20N2O3/c1-3-11-9(13)12(2)8-10(14)4-6-15-7-5-10/h14H,3-8H2,1-2H3,(H,11,13). The lowest BCUT2D eigenvalue weighted by Gasteiger charge is -2.35. The molecule has 5 heteroatoms. The number of nitrogens with zero attached hydrogens (tertiary/aromatic N) is 1. The molecule has 0 unspecified atom stereocenters. The largest absolute Gasteiger partial charge is 0.388 e. The van der Waals surface area contributed by atoms with E-state index in [9.17, 15) is 9.90 Å². The van der Waals surface area contributed by atoms with Crippen molar-refractivity contribution in [3.63, 3.8) is 0 Å². The Morgan fingerprint density at radius 1 is 1.53 bits per heavy atom. The van der Waals surface area contributed by atoms with Crippen LogP contribution in [0.3, 0.4) is 0 Å². The van der Waals surface area contributed by atoms with Gasteiger partial charge in [-0.15, -0.1) is 0 Å². The highest BCUT2D eigenvalue weighted by molar-refractivity contribution is 5.73. The van der Waals surface area contributed by atoms with Crippen molar-refractivity contribution in [2.75, 3.05) is 33.4 Å². The first-order chi connectivity index (χ1) is 7.07. The van der Waals surface area contributed by atoms with Gasteiger partial charge >= 0.3 is 6.03 Å². The van der Waals surface area contributed by atoms with E-state index in [4.69, 9.17) is 4.74 Å². The number of urea groups is 1. The zero-order valence-corrected chi connectivity index (χ0v) is 9.45. The lowest BCUT2D eigenvalue weighted by molar-refractivity contribution is -0.0722. The molecule has 1 saturated heterocycles. The molecule has 2 N–H and O–H groups in total. The molecular weight excluding hydrogens is 196 g/mol. The molecule has 0 aliphatic carbocycles. The van der Waals surface area contributed by atoms with Crippen LogP contribution in [0.2, 0.25) is 0 Å². The smallest absolute Gasteiger partial charge is 0.317 e. The number of nitrogens with one attached hydrogen (secondary N) is 1. The molecule has 5 nitrogen and oxygen atoms in total. The van der Waals surface area contributed by atoms with Gasteiger partial charge in [0.15, 0.2) is 0 Å². The van der Waals surface area contributed by atoms with Crippen LogP contribution >= 0.6 is 0 Å². The first-order valence-electron chi connectivity index (χ1n) is 5.36. The molecule has 0 aromatic heterocycles. The molecule has 0 spiro atoms. The molecule has 0 bridgehead atoms. The third-order valence-corrected chi connectivity index (χ3v) is 2.63. The Bertz CT molecular complexity index is 215. The summed E-state index contributed by atoms with van der Waals surface area (Å²) in [4.78, 5) is 13.0. The third-order valence-electron chi connectivity index (χ3n) is 2.63. The summed E-state index contributed by atoms with van der Waals surface area (Å²) in [5.74, 6) is 0. The Morgan fingerprint density at radius 2 is 2.13 bits per heavy atom. The van der Waals surface area contributed by atoms with E-state index in [-0.39, 0.29) is 6.03 Å². The lowest BCUT2D eigenvalue weighted by Crippen LogP contribution is -2.49. The van der Waals surface area contributed by atoms with E-state index in [1.807, 2.05) is 6.92 Å². The van der Waals surface area contributed by atoms with Crippen molar-refractivity contribution in [3.05, 3.63) is 0 Å². The second-order valence-electron chi connectivity index (χ2n) is 4.03. The number of rotatable bonds is 3. The second kappa shape index (κ2) is 5.32. The quantitative estimate of drug-likeness (QED) is 0.708. The topological polar surface area (TPSA) is 61.8 Å². The van der Waals surface area contributed by atoms with Crippen LogP contribution in [0.15, 0.2) is 0 Å². The molecule has 0 aromatic rings. The van der Waals surface area contributed by atoms with Gasteiger partial charge in [-0.2, -0.15) is 0 Å². The Labute approximate surface area is 90.4 Å². The van der Waals surface area contributed by atoms with Crippen LogP contribution in [0.5, 0.6) is 0 Å². The minimum Gasteiger partial charge on any atom is -0.388 e. The fourth-order valence-electron chi connectivity index (χ4n) is 1.71. The fourth-order valence-corrected chi connectivity index (χ4v) is 1.71. The van der Waals surface area contributed by atoms with E-state index >= 15 is 0 Å². The highest BCUT2D eigenvalue weighted by Gasteiger charge is 2.32. The maximum Gasteiger partial charge on any atom is 0.317 e.